The average molecular weight is 257 g/mol. The lowest BCUT2D eigenvalue weighted by molar-refractivity contribution is -0.139. The average Bonchev–Trinajstić information content (AvgIpc) is 2.63. The zero-order valence-corrected chi connectivity index (χ0v) is 10.8. The first-order valence-electron chi connectivity index (χ1n) is 6.34. The molecule has 0 aromatic heterocycles. The van der Waals surface area contributed by atoms with Crippen molar-refractivity contribution in [1.29, 1.82) is 5.26 Å². The summed E-state index contributed by atoms with van der Waals surface area (Å²) in [4.78, 5) is 23.9. The van der Waals surface area contributed by atoms with Crippen LogP contribution >= 0.6 is 0 Å². The first-order chi connectivity index (χ1) is 9.15. The Morgan fingerprint density at radius 2 is 2.26 bits per heavy atom. The van der Waals surface area contributed by atoms with Crippen molar-refractivity contribution in [2.45, 2.75) is 19.8 Å². The van der Waals surface area contributed by atoms with Crippen LogP contribution in [0.3, 0.4) is 0 Å². The molecule has 0 heterocycles. The van der Waals surface area contributed by atoms with Gasteiger partial charge >= 0.3 is 5.97 Å². The largest absolute Gasteiger partial charge is 0.463 e. The van der Waals surface area contributed by atoms with Crippen LogP contribution in [0.5, 0.6) is 0 Å². The van der Waals surface area contributed by atoms with Crippen molar-refractivity contribution < 1.29 is 14.3 Å². The Bertz CT molecular complexity index is 534. The molecule has 19 heavy (non-hydrogen) atoms. The molecule has 98 valence electrons. The monoisotopic (exact) mass is 257 g/mol. The molecule has 2 bridgehead atoms. The predicted octanol–water partition coefficient (Wildman–Crippen LogP) is 2.09. The highest BCUT2D eigenvalue weighted by molar-refractivity contribution is 5.98. The van der Waals surface area contributed by atoms with Gasteiger partial charge in [-0.15, -0.1) is 0 Å². The molecule has 2 atom stereocenters. The number of nitrogens with zero attached hydrogens (tertiary/aromatic N) is 1. The summed E-state index contributed by atoms with van der Waals surface area (Å²) in [7, 11) is 0. The third kappa shape index (κ3) is 2.82. The summed E-state index contributed by atoms with van der Waals surface area (Å²) >= 11 is 0. The van der Waals surface area contributed by atoms with E-state index in [1.807, 2.05) is 6.07 Å². The van der Waals surface area contributed by atoms with E-state index in [2.05, 4.69) is 0 Å². The number of ether oxygens (including phenoxy) is 1. The smallest absolute Gasteiger partial charge is 0.334 e. The minimum Gasteiger partial charge on any atom is -0.463 e. The topological polar surface area (TPSA) is 67.2 Å². The van der Waals surface area contributed by atoms with Crippen LogP contribution in [0, 0.1) is 23.2 Å². The van der Waals surface area contributed by atoms with Crippen molar-refractivity contribution in [3.63, 3.8) is 0 Å². The second kappa shape index (κ2) is 5.66. The Balaban J connectivity index is 2.38. The molecule has 0 spiro atoms. The van der Waals surface area contributed by atoms with E-state index in [-0.39, 0.29) is 23.6 Å². The summed E-state index contributed by atoms with van der Waals surface area (Å²) in [5.41, 5.74) is 1.45. The number of allylic oxidation sites excluding steroid dienone is 5. The molecule has 4 heteroatoms. The molecule has 0 radical (unpaired) electrons. The number of ketones is 1. The van der Waals surface area contributed by atoms with Crippen molar-refractivity contribution in [2.24, 2.45) is 11.8 Å². The van der Waals surface area contributed by atoms with Gasteiger partial charge < -0.3 is 4.74 Å². The molecule has 0 saturated carbocycles. The lowest BCUT2D eigenvalue weighted by atomic mass is 9.89. The summed E-state index contributed by atoms with van der Waals surface area (Å²) in [6.45, 7) is 2.06. The lowest BCUT2D eigenvalue weighted by Gasteiger charge is -2.15. The molecule has 2 aliphatic carbocycles. The van der Waals surface area contributed by atoms with Crippen molar-refractivity contribution in [1.82, 2.24) is 0 Å². The van der Waals surface area contributed by atoms with Gasteiger partial charge in [0.2, 0.25) is 0 Å². The van der Waals surface area contributed by atoms with Crippen LogP contribution in [-0.2, 0) is 14.3 Å². The number of hydrogen-bond donors (Lipinski definition) is 0. The third-order valence-electron chi connectivity index (χ3n) is 3.38. The van der Waals surface area contributed by atoms with Gasteiger partial charge in [-0.05, 0) is 25.8 Å². The molecule has 0 amide bonds. The van der Waals surface area contributed by atoms with E-state index in [0.29, 0.717) is 25.0 Å². The molecule has 0 saturated heterocycles. The molecule has 4 nitrogen and oxygen atoms in total. The first-order valence-corrected chi connectivity index (χ1v) is 6.34. The molecule has 0 fully saturated rings. The molecule has 2 rings (SSSR count). The minimum absolute atomic E-state index is 0.0205. The Hall–Kier alpha value is -2.15. The van der Waals surface area contributed by atoms with E-state index in [1.165, 1.54) is 6.08 Å². The van der Waals surface area contributed by atoms with Gasteiger partial charge in [0.15, 0.2) is 5.78 Å². The fourth-order valence-corrected chi connectivity index (χ4v) is 2.49. The van der Waals surface area contributed by atoms with Crippen LogP contribution in [-0.4, -0.2) is 18.4 Å². The second-order valence-corrected chi connectivity index (χ2v) is 4.66. The lowest BCUT2D eigenvalue weighted by Crippen LogP contribution is -2.14. The molecule has 0 aliphatic heterocycles. The fraction of sp³-hybridized carbons (Fsp3) is 0.400. The normalized spacial score (nSPS) is 27.5. The van der Waals surface area contributed by atoms with Crippen LogP contribution < -0.4 is 0 Å². The number of esters is 1. The maximum absolute atomic E-state index is 11.9. The summed E-state index contributed by atoms with van der Waals surface area (Å²) < 4.78 is 5.04. The highest BCUT2D eigenvalue weighted by Gasteiger charge is 2.31. The summed E-state index contributed by atoms with van der Waals surface area (Å²) in [5.74, 6) is -0.916. The van der Waals surface area contributed by atoms with Crippen molar-refractivity contribution in [3.05, 3.63) is 35.5 Å². The van der Waals surface area contributed by atoms with E-state index < -0.39 is 0 Å². The van der Waals surface area contributed by atoms with Gasteiger partial charge in [0.25, 0.3) is 0 Å². The van der Waals surface area contributed by atoms with E-state index >= 15 is 0 Å². The Morgan fingerprint density at radius 3 is 2.95 bits per heavy atom. The number of hydrogen-bond acceptors (Lipinski definition) is 4. The quantitative estimate of drug-likeness (QED) is 0.561. The van der Waals surface area contributed by atoms with Gasteiger partial charge in [-0.2, -0.15) is 5.26 Å². The van der Waals surface area contributed by atoms with Gasteiger partial charge in [0.1, 0.15) is 0 Å². The van der Waals surface area contributed by atoms with Crippen LogP contribution in [0.2, 0.25) is 0 Å². The van der Waals surface area contributed by atoms with Crippen molar-refractivity contribution in [3.8, 4) is 6.07 Å². The molecular formula is C15H15NO3. The molecule has 0 aromatic rings. The number of fused-ring (bicyclic) bond motifs is 2. The van der Waals surface area contributed by atoms with Gasteiger partial charge in [0.05, 0.1) is 12.7 Å². The maximum Gasteiger partial charge on any atom is 0.334 e. The zero-order chi connectivity index (χ0) is 13.8. The Labute approximate surface area is 112 Å². The number of carbonyl (C=O) groups excluding carboxylic acids is 2. The van der Waals surface area contributed by atoms with Gasteiger partial charge in [-0.1, -0.05) is 17.7 Å². The van der Waals surface area contributed by atoms with Crippen molar-refractivity contribution >= 4 is 11.8 Å². The zero-order valence-electron chi connectivity index (χ0n) is 10.8. The van der Waals surface area contributed by atoms with Crippen LogP contribution in [0.15, 0.2) is 35.5 Å². The van der Waals surface area contributed by atoms with E-state index in [1.54, 1.807) is 25.2 Å². The number of rotatable bonds is 2. The minimum atomic E-state index is -0.366. The molecular weight excluding hydrogens is 242 g/mol. The summed E-state index contributed by atoms with van der Waals surface area (Å²) in [6.07, 6.45) is 7.59. The molecule has 0 unspecified atom stereocenters. The van der Waals surface area contributed by atoms with Crippen LogP contribution in [0.4, 0.5) is 0 Å². The first kappa shape index (κ1) is 13.3. The fourth-order valence-electron chi connectivity index (χ4n) is 2.49. The Kier molecular flexibility index (Phi) is 3.96. The molecule has 0 N–H and O–H groups in total. The second-order valence-electron chi connectivity index (χ2n) is 4.66. The summed E-state index contributed by atoms with van der Waals surface area (Å²) in [5, 5.41) is 8.76. The third-order valence-corrected chi connectivity index (χ3v) is 3.38. The van der Waals surface area contributed by atoms with Gasteiger partial charge in [0, 0.05) is 23.5 Å². The van der Waals surface area contributed by atoms with Crippen molar-refractivity contribution in [2.75, 3.05) is 6.61 Å². The standard InChI is InChI=1S/C15H15NO3/c1-2-19-15(18)13-9-12-8-10(5-6-16)7-11(13)3-4-14(12)17/h3-5,9,11-12H,2,7-8H2,1H3/b10-5+/t11-,12+/m0/s1. The van der Waals surface area contributed by atoms with E-state index in [9.17, 15) is 9.59 Å². The maximum atomic E-state index is 11.9. The summed E-state index contributed by atoms with van der Waals surface area (Å²) in [6, 6.07) is 2.00. The highest BCUT2D eigenvalue weighted by atomic mass is 16.5. The predicted molar refractivity (Wildman–Crippen MR) is 68.8 cm³/mol. The van der Waals surface area contributed by atoms with Gasteiger partial charge in [-0.25, -0.2) is 4.79 Å². The highest BCUT2D eigenvalue weighted by Crippen LogP contribution is 2.35. The van der Waals surface area contributed by atoms with Gasteiger partial charge in [-0.3, -0.25) is 4.79 Å². The van der Waals surface area contributed by atoms with E-state index in [4.69, 9.17) is 10.00 Å². The Morgan fingerprint density at radius 1 is 1.53 bits per heavy atom. The van der Waals surface area contributed by atoms with Crippen LogP contribution in [0.1, 0.15) is 19.8 Å². The molecule has 2 aliphatic rings. The van der Waals surface area contributed by atoms with E-state index in [0.717, 1.165) is 5.57 Å². The number of carbonyl (C=O) groups is 2. The SMILES string of the molecule is CCOC(=O)C1=C[C@H]2C/C(=C/C#N)C[C@@H]1C=CC2=O. The number of nitriles is 1. The van der Waals surface area contributed by atoms with Crippen LogP contribution in [0.25, 0.3) is 0 Å². The molecule has 0 aromatic carbocycles.